The summed E-state index contributed by atoms with van der Waals surface area (Å²) in [5.74, 6) is 1.55. The Bertz CT molecular complexity index is 1310. The topological polar surface area (TPSA) is 58.5 Å². The summed E-state index contributed by atoms with van der Waals surface area (Å²) in [7, 11) is 0. The third-order valence-corrected chi connectivity index (χ3v) is 10.3. The van der Waals surface area contributed by atoms with E-state index in [1.807, 2.05) is 72.0 Å². The number of thiophene rings is 1. The minimum absolute atomic E-state index is 0.0860. The van der Waals surface area contributed by atoms with Gasteiger partial charge in [0.15, 0.2) is 16.7 Å². The van der Waals surface area contributed by atoms with Gasteiger partial charge in [0.05, 0.1) is 11.5 Å². The predicted octanol–water partition coefficient (Wildman–Crippen LogP) is 7.91. The highest BCUT2D eigenvalue weighted by atomic mass is 32.2. The van der Waals surface area contributed by atoms with E-state index in [4.69, 9.17) is 4.99 Å². The molecule has 0 saturated heterocycles. The van der Waals surface area contributed by atoms with Crippen molar-refractivity contribution in [2.24, 2.45) is 16.3 Å². The molecule has 2 heterocycles. The number of rotatable bonds is 7. The van der Waals surface area contributed by atoms with Gasteiger partial charge in [-0.2, -0.15) is 0 Å². The molecule has 3 aromatic rings. The van der Waals surface area contributed by atoms with Crippen LogP contribution in [0.5, 0.6) is 0 Å². The maximum absolute atomic E-state index is 12.9. The molecule has 0 radical (unpaired) electrons. The van der Waals surface area contributed by atoms with Crippen LogP contribution in [-0.2, 0) is 12.8 Å². The van der Waals surface area contributed by atoms with Gasteiger partial charge in [-0.1, -0.05) is 93.2 Å². The highest BCUT2D eigenvalue weighted by molar-refractivity contribution is 8.14. The van der Waals surface area contributed by atoms with Gasteiger partial charge >= 0.3 is 0 Å². The number of nitrogens with one attached hydrogen (secondary N) is 1. The molecule has 1 aromatic heterocycles. The Hall–Kier alpha value is -2.35. The molecule has 0 spiro atoms. The van der Waals surface area contributed by atoms with Gasteiger partial charge in [0.25, 0.3) is 0 Å². The van der Waals surface area contributed by atoms with Crippen molar-refractivity contribution in [2.75, 3.05) is 16.8 Å². The van der Waals surface area contributed by atoms with Crippen molar-refractivity contribution >= 4 is 56.6 Å². The number of benzene rings is 2. The number of carbonyl (C=O) groups is 2. The van der Waals surface area contributed by atoms with E-state index in [2.05, 4.69) is 26.1 Å². The number of hydrogen-bond donors (Lipinski definition) is 1. The van der Waals surface area contributed by atoms with Gasteiger partial charge in [-0.25, -0.2) is 4.99 Å². The van der Waals surface area contributed by atoms with Crippen molar-refractivity contribution in [1.82, 2.24) is 0 Å². The van der Waals surface area contributed by atoms with E-state index >= 15 is 0 Å². The Morgan fingerprint density at radius 2 is 1.59 bits per heavy atom. The monoisotopic (exact) mass is 548 g/mol. The number of amidine groups is 1. The summed E-state index contributed by atoms with van der Waals surface area (Å²) in [6, 6.07) is 18.9. The van der Waals surface area contributed by atoms with Gasteiger partial charge in [0.1, 0.15) is 10.4 Å². The fourth-order valence-electron chi connectivity index (χ4n) is 4.90. The fraction of sp³-hybridized carbons (Fsp3) is 0.367. The maximum Gasteiger partial charge on any atom is 0.173 e. The molecule has 2 aromatic carbocycles. The molecule has 1 N–H and O–H groups in total. The largest absolute Gasteiger partial charge is 0.326 e. The van der Waals surface area contributed by atoms with Crippen LogP contribution in [0.15, 0.2) is 65.7 Å². The lowest BCUT2D eigenvalue weighted by atomic mass is 9.72. The molecule has 2 atom stereocenters. The number of anilines is 1. The quantitative estimate of drug-likeness (QED) is 0.304. The lowest BCUT2D eigenvalue weighted by Crippen LogP contribution is -2.26. The van der Waals surface area contributed by atoms with Crippen LogP contribution in [0.25, 0.3) is 0 Å². The smallest absolute Gasteiger partial charge is 0.173 e. The minimum Gasteiger partial charge on any atom is -0.326 e. The molecule has 5 rings (SSSR count). The Kier molecular flexibility index (Phi) is 7.93. The first-order valence-corrected chi connectivity index (χ1v) is 15.5. The molecular weight excluding hydrogens is 517 g/mol. The molecule has 37 heavy (non-hydrogen) atoms. The zero-order valence-corrected chi connectivity index (χ0v) is 23.9. The minimum atomic E-state index is -0.149. The summed E-state index contributed by atoms with van der Waals surface area (Å²) in [6.45, 7) is 7.01. The molecule has 7 heteroatoms. The van der Waals surface area contributed by atoms with Gasteiger partial charge in [0.2, 0.25) is 0 Å². The molecule has 0 fully saturated rings. The van der Waals surface area contributed by atoms with Gasteiger partial charge in [-0.15, -0.1) is 23.1 Å². The lowest BCUT2D eigenvalue weighted by molar-refractivity contribution is 0.101. The number of nitrogens with zero attached hydrogens (tertiary/aromatic N) is 1. The number of ketones is 2. The van der Waals surface area contributed by atoms with E-state index in [1.165, 1.54) is 34.2 Å². The molecule has 0 amide bonds. The SMILES string of the molecule is CC(C)(C)[C@@H]1CCc2c(sc3c2[C@@H](SCC(=O)c2ccccc2)N=C(SCC(=O)c2ccccc2)N3)C1. The van der Waals surface area contributed by atoms with Crippen LogP contribution >= 0.6 is 34.9 Å². The number of thioether (sulfide) groups is 2. The number of Topliss-reactive ketones (excluding diaryl/α,β-unsaturated/α-hetero) is 2. The zero-order chi connectivity index (χ0) is 26.0. The second-order valence-corrected chi connectivity index (χ2v) is 13.8. The van der Waals surface area contributed by atoms with E-state index in [0.717, 1.165) is 28.6 Å². The molecule has 192 valence electrons. The van der Waals surface area contributed by atoms with Crippen molar-refractivity contribution in [1.29, 1.82) is 0 Å². The van der Waals surface area contributed by atoms with E-state index in [9.17, 15) is 9.59 Å². The standard InChI is InChI=1S/C30H32N2O2S3/c1-30(2,3)21-14-15-22-25(16-21)37-28-26(22)27(35-17-23(33)19-10-6-4-7-11-19)31-29(32-28)36-18-24(34)20-12-8-5-9-13-20/h4-13,21,27H,14-18H2,1-3H3,(H,31,32)/t21-,27-/m1/s1. The van der Waals surface area contributed by atoms with Crippen molar-refractivity contribution in [3.63, 3.8) is 0 Å². The first-order valence-electron chi connectivity index (χ1n) is 12.7. The summed E-state index contributed by atoms with van der Waals surface area (Å²) < 4.78 is 0. The fourth-order valence-corrected chi connectivity index (χ4v) is 8.34. The second-order valence-electron chi connectivity index (χ2n) is 10.6. The molecule has 0 bridgehead atoms. The predicted molar refractivity (Wildman–Crippen MR) is 160 cm³/mol. The first kappa shape index (κ1) is 26.3. The molecule has 2 aliphatic rings. The summed E-state index contributed by atoms with van der Waals surface area (Å²) in [6.07, 6.45) is 3.32. The van der Waals surface area contributed by atoms with Gasteiger partial charge in [-0.3, -0.25) is 9.59 Å². The summed E-state index contributed by atoms with van der Waals surface area (Å²) >= 11 is 4.88. The van der Waals surface area contributed by atoms with Crippen molar-refractivity contribution < 1.29 is 9.59 Å². The van der Waals surface area contributed by atoms with E-state index in [1.54, 1.807) is 11.8 Å². The Morgan fingerprint density at radius 1 is 0.973 bits per heavy atom. The number of carbonyl (C=O) groups excluding carboxylic acids is 2. The average Bonchev–Trinajstić information content (AvgIpc) is 3.28. The maximum atomic E-state index is 12.9. The van der Waals surface area contributed by atoms with Gasteiger partial charge in [0, 0.05) is 21.6 Å². The van der Waals surface area contributed by atoms with Crippen LogP contribution in [0.2, 0.25) is 0 Å². The number of hydrogen-bond acceptors (Lipinski definition) is 7. The van der Waals surface area contributed by atoms with Crippen LogP contribution in [0.4, 0.5) is 5.00 Å². The highest BCUT2D eigenvalue weighted by Gasteiger charge is 2.36. The number of aliphatic imine (C=N–C) groups is 1. The van der Waals surface area contributed by atoms with Gasteiger partial charge < -0.3 is 5.32 Å². The van der Waals surface area contributed by atoms with Gasteiger partial charge in [-0.05, 0) is 36.2 Å². The Morgan fingerprint density at radius 3 is 2.22 bits per heavy atom. The molecule has 1 aliphatic heterocycles. The average molecular weight is 549 g/mol. The molecule has 0 unspecified atom stereocenters. The third kappa shape index (κ3) is 6.05. The Balaban J connectivity index is 1.37. The third-order valence-electron chi connectivity index (χ3n) is 7.14. The molecule has 4 nitrogen and oxygen atoms in total. The van der Waals surface area contributed by atoms with Crippen LogP contribution in [0, 0.1) is 11.3 Å². The van der Waals surface area contributed by atoms with Crippen LogP contribution in [-0.4, -0.2) is 28.2 Å². The van der Waals surface area contributed by atoms with E-state index in [-0.39, 0.29) is 22.4 Å². The van der Waals surface area contributed by atoms with Crippen molar-refractivity contribution in [2.45, 2.75) is 45.4 Å². The first-order chi connectivity index (χ1) is 17.8. The molecular formula is C30H32N2O2S3. The summed E-state index contributed by atoms with van der Waals surface area (Å²) in [4.78, 5) is 32.1. The Labute approximate surface area is 231 Å². The van der Waals surface area contributed by atoms with Crippen LogP contribution in [0.3, 0.4) is 0 Å². The molecule has 1 aliphatic carbocycles. The summed E-state index contributed by atoms with van der Waals surface area (Å²) in [5, 5.41) is 5.29. The summed E-state index contributed by atoms with van der Waals surface area (Å²) in [5.41, 5.74) is 4.40. The van der Waals surface area contributed by atoms with E-state index < -0.39 is 0 Å². The second kappa shape index (κ2) is 11.2. The van der Waals surface area contributed by atoms with E-state index in [0.29, 0.717) is 23.0 Å². The normalized spacial score (nSPS) is 18.8. The lowest BCUT2D eigenvalue weighted by Gasteiger charge is -2.34. The van der Waals surface area contributed by atoms with Crippen molar-refractivity contribution in [3.8, 4) is 0 Å². The molecule has 0 saturated carbocycles. The highest BCUT2D eigenvalue weighted by Crippen LogP contribution is 2.51. The van der Waals surface area contributed by atoms with Crippen LogP contribution in [0.1, 0.15) is 69.3 Å². The number of fused-ring (bicyclic) bond motifs is 3. The van der Waals surface area contributed by atoms with Crippen molar-refractivity contribution in [3.05, 3.63) is 87.8 Å². The zero-order valence-electron chi connectivity index (χ0n) is 21.5. The van der Waals surface area contributed by atoms with Crippen LogP contribution < -0.4 is 5.32 Å².